The number of ether oxygens (including phenoxy) is 2. The van der Waals surface area contributed by atoms with Gasteiger partial charge >= 0.3 is 5.97 Å². The summed E-state index contributed by atoms with van der Waals surface area (Å²) in [4.78, 5) is 38.5. The number of para-hydroxylation sites is 2. The molecular weight excluding hydrogens is 436 g/mol. The van der Waals surface area contributed by atoms with Gasteiger partial charge < -0.3 is 14.0 Å². The van der Waals surface area contributed by atoms with Crippen molar-refractivity contribution in [2.45, 2.75) is 26.3 Å². The third kappa shape index (κ3) is 4.27. The van der Waals surface area contributed by atoms with Gasteiger partial charge in [0, 0.05) is 23.0 Å². The summed E-state index contributed by atoms with van der Waals surface area (Å²) in [6.45, 7) is 2.61. The summed E-state index contributed by atoms with van der Waals surface area (Å²) in [5, 5.41) is 0. The Hall–Kier alpha value is -3.14. The maximum Gasteiger partial charge on any atom is 0.326 e. The van der Waals surface area contributed by atoms with Crippen molar-refractivity contribution >= 4 is 33.2 Å². The van der Waals surface area contributed by atoms with Crippen LogP contribution in [0, 0.1) is 13.8 Å². The molecule has 10 heteroatoms. The molecule has 1 aromatic carbocycles. The average molecular weight is 461 g/mol. The van der Waals surface area contributed by atoms with E-state index in [-0.39, 0.29) is 42.4 Å². The molecule has 9 nitrogen and oxygen atoms in total. The fraction of sp³-hybridized carbons (Fsp3) is 0.409. The van der Waals surface area contributed by atoms with E-state index in [1.807, 2.05) is 11.5 Å². The normalized spacial score (nSPS) is 19.4. The first-order valence-corrected chi connectivity index (χ1v) is 12.1. The average Bonchev–Trinajstić information content (AvgIpc) is 3.25. The molecule has 2 aliphatic heterocycles. The maximum atomic E-state index is 12.7. The first-order chi connectivity index (χ1) is 15.2. The van der Waals surface area contributed by atoms with Gasteiger partial charge in [-0.2, -0.15) is 0 Å². The summed E-state index contributed by atoms with van der Waals surface area (Å²) in [5.74, 6) is -0.772. The van der Waals surface area contributed by atoms with E-state index in [4.69, 9.17) is 9.47 Å². The standard InChI is InChI=1S/C22H24N2O7S/c1-14-9-17(15(2)24(14)16-7-8-32(28,29)13-16)19(25)11-31-22(27)10-23-18-5-3-4-6-20(18)30-12-21(23)26/h3-6,9,16H,7-8,10-13H2,1-2H3. The second-order valence-corrected chi connectivity index (χ2v) is 10.3. The van der Waals surface area contributed by atoms with Gasteiger partial charge in [0.05, 0.1) is 17.2 Å². The van der Waals surface area contributed by atoms with Crippen LogP contribution in [0.4, 0.5) is 5.69 Å². The summed E-state index contributed by atoms with van der Waals surface area (Å²) in [5.41, 5.74) is 2.31. The van der Waals surface area contributed by atoms with Gasteiger partial charge in [-0.1, -0.05) is 12.1 Å². The first-order valence-electron chi connectivity index (χ1n) is 10.3. The predicted molar refractivity (Wildman–Crippen MR) is 116 cm³/mol. The number of amides is 1. The summed E-state index contributed by atoms with van der Waals surface area (Å²) in [7, 11) is -3.07. The van der Waals surface area contributed by atoms with Crippen molar-refractivity contribution in [2.24, 2.45) is 0 Å². The number of nitrogens with zero attached hydrogens (tertiary/aromatic N) is 2. The summed E-state index contributed by atoms with van der Waals surface area (Å²) in [6.07, 6.45) is 0.510. The summed E-state index contributed by atoms with van der Waals surface area (Å²) >= 11 is 0. The molecule has 0 aliphatic carbocycles. The highest BCUT2D eigenvalue weighted by Gasteiger charge is 2.32. The van der Waals surface area contributed by atoms with Crippen LogP contribution in [0.2, 0.25) is 0 Å². The Labute approximate surface area is 185 Å². The lowest BCUT2D eigenvalue weighted by Gasteiger charge is -2.28. The van der Waals surface area contributed by atoms with Crippen molar-refractivity contribution in [1.82, 2.24) is 4.57 Å². The third-order valence-corrected chi connectivity index (χ3v) is 7.57. The highest BCUT2D eigenvalue weighted by molar-refractivity contribution is 7.91. The predicted octanol–water partition coefficient (Wildman–Crippen LogP) is 1.62. The number of Topliss-reactive ketones (excluding diaryl/α,β-unsaturated/α-hetero) is 1. The van der Waals surface area contributed by atoms with Gasteiger partial charge in [0.25, 0.3) is 5.91 Å². The monoisotopic (exact) mass is 460 g/mol. The van der Waals surface area contributed by atoms with Gasteiger partial charge in [-0.15, -0.1) is 0 Å². The Balaban J connectivity index is 1.41. The molecule has 0 bridgehead atoms. The SMILES string of the molecule is Cc1cc(C(=O)COC(=O)CN2C(=O)COc3ccccc32)c(C)n1C1CCS(=O)(=O)C1. The van der Waals surface area contributed by atoms with E-state index in [2.05, 4.69) is 0 Å². The number of hydrogen-bond donors (Lipinski definition) is 0. The number of carbonyl (C=O) groups is 3. The molecule has 1 fully saturated rings. The molecule has 2 aromatic rings. The van der Waals surface area contributed by atoms with Crippen LogP contribution in [-0.2, 0) is 24.2 Å². The topological polar surface area (TPSA) is 112 Å². The van der Waals surface area contributed by atoms with Gasteiger partial charge in [0.1, 0.15) is 12.3 Å². The van der Waals surface area contributed by atoms with E-state index < -0.39 is 22.4 Å². The number of rotatable bonds is 6. The number of sulfone groups is 1. The van der Waals surface area contributed by atoms with Crippen LogP contribution in [0.5, 0.6) is 5.75 Å². The lowest BCUT2D eigenvalue weighted by Crippen LogP contribution is -2.42. The van der Waals surface area contributed by atoms with E-state index in [1.165, 1.54) is 4.90 Å². The van der Waals surface area contributed by atoms with E-state index in [9.17, 15) is 22.8 Å². The van der Waals surface area contributed by atoms with Gasteiger partial charge in [0.15, 0.2) is 23.1 Å². The van der Waals surface area contributed by atoms with Gasteiger partial charge in [0.2, 0.25) is 5.78 Å². The fourth-order valence-corrected chi connectivity index (χ4v) is 6.03. The molecule has 2 aliphatic rings. The van der Waals surface area contributed by atoms with Crippen molar-refractivity contribution in [3.05, 3.63) is 47.3 Å². The molecule has 170 valence electrons. The number of anilines is 1. The van der Waals surface area contributed by atoms with Crippen LogP contribution < -0.4 is 9.64 Å². The smallest absolute Gasteiger partial charge is 0.326 e. The number of ketones is 1. The Bertz CT molecular complexity index is 1200. The summed E-state index contributed by atoms with van der Waals surface area (Å²) < 4.78 is 36.1. The van der Waals surface area contributed by atoms with Gasteiger partial charge in [-0.05, 0) is 38.5 Å². The maximum absolute atomic E-state index is 12.7. The zero-order valence-corrected chi connectivity index (χ0v) is 18.7. The Morgan fingerprint density at radius 3 is 2.69 bits per heavy atom. The van der Waals surface area contributed by atoms with E-state index in [1.54, 1.807) is 37.3 Å². The Morgan fingerprint density at radius 1 is 1.22 bits per heavy atom. The number of fused-ring (bicyclic) bond motifs is 1. The van der Waals surface area contributed by atoms with Crippen molar-refractivity contribution in [3.63, 3.8) is 0 Å². The molecule has 0 N–H and O–H groups in total. The minimum atomic E-state index is -3.07. The molecule has 0 spiro atoms. The number of esters is 1. The van der Waals surface area contributed by atoms with Crippen LogP contribution >= 0.6 is 0 Å². The fourth-order valence-electron chi connectivity index (χ4n) is 4.33. The van der Waals surface area contributed by atoms with Crippen LogP contribution in [0.3, 0.4) is 0 Å². The van der Waals surface area contributed by atoms with Gasteiger partial charge in [-0.3, -0.25) is 19.3 Å². The van der Waals surface area contributed by atoms with Crippen LogP contribution in [0.15, 0.2) is 30.3 Å². The molecular formula is C22H24N2O7S. The molecule has 1 amide bonds. The second-order valence-electron chi connectivity index (χ2n) is 8.03. The van der Waals surface area contributed by atoms with Crippen molar-refractivity contribution in [3.8, 4) is 5.75 Å². The number of aryl methyl sites for hydroxylation is 1. The molecule has 1 atom stereocenters. The Morgan fingerprint density at radius 2 is 1.97 bits per heavy atom. The highest BCUT2D eigenvalue weighted by Crippen LogP contribution is 2.31. The van der Waals surface area contributed by atoms with Gasteiger partial charge in [-0.25, -0.2) is 8.42 Å². The minimum absolute atomic E-state index is 0.0566. The first kappa shape index (κ1) is 22.1. The molecule has 0 saturated carbocycles. The second kappa shape index (κ2) is 8.42. The zero-order chi connectivity index (χ0) is 23.0. The number of aromatic nitrogens is 1. The third-order valence-electron chi connectivity index (χ3n) is 5.82. The minimum Gasteiger partial charge on any atom is -0.482 e. The molecule has 1 unspecified atom stereocenters. The number of hydrogen-bond acceptors (Lipinski definition) is 7. The van der Waals surface area contributed by atoms with Crippen molar-refractivity contribution in [1.29, 1.82) is 0 Å². The number of benzene rings is 1. The molecule has 4 rings (SSSR count). The molecule has 32 heavy (non-hydrogen) atoms. The molecule has 1 saturated heterocycles. The number of carbonyl (C=O) groups excluding carboxylic acids is 3. The molecule has 0 radical (unpaired) electrons. The Kier molecular flexibility index (Phi) is 5.81. The van der Waals surface area contributed by atoms with E-state index >= 15 is 0 Å². The lowest BCUT2D eigenvalue weighted by atomic mass is 10.1. The van der Waals surface area contributed by atoms with Crippen LogP contribution in [-0.4, -0.2) is 61.9 Å². The zero-order valence-electron chi connectivity index (χ0n) is 17.9. The lowest BCUT2D eigenvalue weighted by molar-refractivity contribution is -0.142. The molecule has 1 aromatic heterocycles. The molecule has 3 heterocycles. The largest absolute Gasteiger partial charge is 0.482 e. The van der Waals surface area contributed by atoms with Crippen LogP contribution in [0.25, 0.3) is 0 Å². The van der Waals surface area contributed by atoms with E-state index in [0.29, 0.717) is 29.1 Å². The highest BCUT2D eigenvalue weighted by atomic mass is 32.2. The van der Waals surface area contributed by atoms with Crippen molar-refractivity contribution < 1.29 is 32.3 Å². The van der Waals surface area contributed by atoms with E-state index in [0.717, 1.165) is 5.69 Å². The quantitative estimate of drug-likeness (QED) is 0.476. The van der Waals surface area contributed by atoms with Crippen LogP contribution in [0.1, 0.15) is 34.2 Å². The summed E-state index contributed by atoms with van der Waals surface area (Å²) in [6, 6.07) is 8.36. The van der Waals surface area contributed by atoms with Crippen molar-refractivity contribution in [2.75, 3.05) is 36.2 Å².